The minimum atomic E-state index is -0.325. The van der Waals surface area contributed by atoms with Crippen LogP contribution in [0.25, 0.3) is 11.3 Å². The molecule has 3 nitrogen and oxygen atoms in total. The summed E-state index contributed by atoms with van der Waals surface area (Å²) in [7, 11) is 0. The van der Waals surface area contributed by atoms with E-state index in [-0.39, 0.29) is 6.10 Å². The Labute approximate surface area is 118 Å². The molecule has 1 heterocycles. The Hall–Kier alpha value is -1.39. The second kappa shape index (κ2) is 6.68. The van der Waals surface area contributed by atoms with Crippen LogP contribution in [0.15, 0.2) is 35.7 Å². The van der Waals surface area contributed by atoms with Gasteiger partial charge in [-0.1, -0.05) is 50.6 Å². The predicted molar refractivity (Wildman–Crippen MR) is 81.5 cm³/mol. The highest BCUT2D eigenvalue weighted by atomic mass is 32.1. The highest BCUT2D eigenvalue weighted by Gasteiger charge is 2.12. The monoisotopic (exact) mass is 276 g/mol. The maximum Gasteiger partial charge on any atom is 0.183 e. The zero-order valence-corrected chi connectivity index (χ0v) is 12.2. The maximum atomic E-state index is 9.92. The summed E-state index contributed by atoms with van der Waals surface area (Å²) in [6, 6.07) is 10.1. The first kappa shape index (κ1) is 14.0. The summed E-state index contributed by atoms with van der Waals surface area (Å²) < 4.78 is 0. The second-order valence-corrected chi connectivity index (χ2v) is 5.60. The molecule has 2 N–H and O–H groups in total. The molecule has 2 aromatic rings. The molecule has 19 heavy (non-hydrogen) atoms. The Morgan fingerprint density at radius 2 is 2.05 bits per heavy atom. The van der Waals surface area contributed by atoms with E-state index >= 15 is 0 Å². The molecule has 102 valence electrons. The molecular formula is C15H20N2OS. The lowest BCUT2D eigenvalue weighted by molar-refractivity contribution is 0.126. The molecule has 0 spiro atoms. The Balaban J connectivity index is 1.95. The van der Waals surface area contributed by atoms with Gasteiger partial charge in [0.25, 0.3) is 0 Å². The van der Waals surface area contributed by atoms with E-state index < -0.39 is 0 Å². The molecule has 0 amide bonds. The number of hydrogen-bond donors (Lipinski definition) is 2. The molecule has 1 aromatic carbocycles. The fourth-order valence-corrected chi connectivity index (χ4v) is 2.49. The molecule has 0 bridgehead atoms. The maximum absolute atomic E-state index is 9.92. The molecule has 1 aromatic heterocycles. The lowest BCUT2D eigenvalue weighted by Gasteiger charge is -2.16. The Bertz CT molecular complexity index is 498. The third-order valence-electron chi connectivity index (χ3n) is 3.34. The van der Waals surface area contributed by atoms with Crippen molar-refractivity contribution in [2.75, 3.05) is 11.9 Å². The SMILES string of the molecule is CCC(C)C(O)CNc1nc(-c2ccccc2)cs1. The summed E-state index contributed by atoms with van der Waals surface area (Å²) in [6.45, 7) is 4.70. The number of aromatic nitrogens is 1. The zero-order valence-electron chi connectivity index (χ0n) is 11.3. The standard InChI is InChI=1S/C15H20N2OS/c1-3-11(2)14(18)9-16-15-17-13(10-19-15)12-7-5-4-6-8-12/h4-8,10-11,14,18H,3,9H2,1-2H3,(H,16,17). The van der Waals surface area contributed by atoms with Crippen LogP contribution in [-0.4, -0.2) is 22.7 Å². The molecule has 4 heteroatoms. The fourth-order valence-electron chi connectivity index (χ4n) is 1.76. The molecule has 0 saturated carbocycles. The number of hydrogen-bond acceptors (Lipinski definition) is 4. The number of nitrogens with zero attached hydrogens (tertiary/aromatic N) is 1. The van der Waals surface area contributed by atoms with Gasteiger partial charge in [-0.25, -0.2) is 4.98 Å². The second-order valence-electron chi connectivity index (χ2n) is 4.74. The van der Waals surface area contributed by atoms with Crippen molar-refractivity contribution in [1.82, 2.24) is 4.98 Å². The van der Waals surface area contributed by atoms with Gasteiger partial charge < -0.3 is 10.4 Å². The van der Waals surface area contributed by atoms with Gasteiger partial charge in [0, 0.05) is 17.5 Å². The quantitative estimate of drug-likeness (QED) is 0.847. The summed E-state index contributed by atoms with van der Waals surface area (Å²) in [5.41, 5.74) is 2.10. The third-order valence-corrected chi connectivity index (χ3v) is 4.14. The van der Waals surface area contributed by atoms with Crippen molar-refractivity contribution in [2.45, 2.75) is 26.4 Å². The molecule has 2 atom stereocenters. The number of rotatable bonds is 6. The van der Waals surface area contributed by atoms with Crippen LogP contribution >= 0.6 is 11.3 Å². The molecule has 2 unspecified atom stereocenters. The summed E-state index contributed by atoms with van der Waals surface area (Å²) in [6.07, 6.45) is 0.657. The third kappa shape index (κ3) is 3.78. The van der Waals surface area contributed by atoms with Gasteiger partial charge >= 0.3 is 0 Å². The van der Waals surface area contributed by atoms with Gasteiger partial charge in [-0.05, 0) is 5.92 Å². The molecule has 0 saturated heterocycles. The van der Waals surface area contributed by atoms with Gasteiger partial charge in [0.05, 0.1) is 11.8 Å². The van der Waals surface area contributed by atoms with Crippen LogP contribution in [0.2, 0.25) is 0 Å². The first-order valence-electron chi connectivity index (χ1n) is 6.63. The van der Waals surface area contributed by atoms with E-state index in [1.54, 1.807) is 11.3 Å². The lowest BCUT2D eigenvalue weighted by Crippen LogP contribution is -2.26. The van der Waals surface area contributed by atoms with E-state index in [4.69, 9.17) is 0 Å². The molecule has 0 aliphatic heterocycles. The molecule has 2 rings (SSSR count). The lowest BCUT2D eigenvalue weighted by atomic mass is 10.0. The zero-order chi connectivity index (χ0) is 13.7. The average Bonchev–Trinajstić information content (AvgIpc) is 2.93. The van der Waals surface area contributed by atoms with Gasteiger partial charge in [0.2, 0.25) is 0 Å². The number of aliphatic hydroxyl groups excluding tert-OH is 1. The van der Waals surface area contributed by atoms with Crippen LogP contribution in [0.5, 0.6) is 0 Å². The molecule has 0 aliphatic rings. The van der Waals surface area contributed by atoms with E-state index in [2.05, 4.69) is 24.1 Å². The predicted octanol–water partition coefficient (Wildman–Crippen LogP) is 3.63. The van der Waals surface area contributed by atoms with Crippen molar-refractivity contribution in [3.63, 3.8) is 0 Å². The number of nitrogens with one attached hydrogen (secondary N) is 1. The van der Waals surface area contributed by atoms with Crippen molar-refractivity contribution in [2.24, 2.45) is 5.92 Å². The molecule has 0 radical (unpaired) electrons. The Morgan fingerprint density at radius 3 is 2.74 bits per heavy atom. The molecule has 0 aliphatic carbocycles. The minimum Gasteiger partial charge on any atom is -0.391 e. The minimum absolute atomic E-state index is 0.307. The number of anilines is 1. The van der Waals surface area contributed by atoms with Crippen molar-refractivity contribution in [3.05, 3.63) is 35.7 Å². The first-order valence-corrected chi connectivity index (χ1v) is 7.51. The highest BCUT2D eigenvalue weighted by molar-refractivity contribution is 7.14. The van der Waals surface area contributed by atoms with Crippen LogP contribution < -0.4 is 5.32 Å². The van der Waals surface area contributed by atoms with Crippen LogP contribution in [0, 0.1) is 5.92 Å². The van der Waals surface area contributed by atoms with E-state index in [0.29, 0.717) is 12.5 Å². The van der Waals surface area contributed by atoms with Crippen molar-refractivity contribution in [1.29, 1.82) is 0 Å². The summed E-state index contributed by atoms with van der Waals surface area (Å²) in [4.78, 5) is 4.53. The topological polar surface area (TPSA) is 45.1 Å². The van der Waals surface area contributed by atoms with Crippen molar-refractivity contribution in [3.8, 4) is 11.3 Å². The number of benzene rings is 1. The molecule has 0 fully saturated rings. The van der Waals surface area contributed by atoms with E-state index in [1.807, 2.05) is 35.7 Å². The van der Waals surface area contributed by atoms with Crippen molar-refractivity contribution < 1.29 is 5.11 Å². The van der Waals surface area contributed by atoms with Crippen LogP contribution in [0.4, 0.5) is 5.13 Å². The smallest absolute Gasteiger partial charge is 0.183 e. The van der Waals surface area contributed by atoms with Gasteiger partial charge in [-0.3, -0.25) is 0 Å². The van der Waals surface area contributed by atoms with E-state index in [0.717, 1.165) is 22.8 Å². The first-order chi connectivity index (χ1) is 9.20. The molecular weight excluding hydrogens is 256 g/mol. The van der Waals surface area contributed by atoms with Crippen LogP contribution in [-0.2, 0) is 0 Å². The van der Waals surface area contributed by atoms with E-state index in [1.165, 1.54) is 0 Å². The normalized spacial score (nSPS) is 14.1. The summed E-state index contributed by atoms with van der Waals surface area (Å²) >= 11 is 1.57. The Morgan fingerprint density at radius 1 is 1.32 bits per heavy atom. The van der Waals surface area contributed by atoms with Gasteiger partial charge in [-0.15, -0.1) is 11.3 Å². The van der Waals surface area contributed by atoms with Crippen LogP contribution in [0.3, 0.4) is 0 Å². The van der Waals surface area contributed by atoms with Crippen LogP contribution in [0.1, 0.15) is 20.3 Å². The van der Waals surface area contributed by atoms with Crippen molar-refractivity contribution >= 4 is 16.5 Å². The van der Waals surface area contributed by atoms with Gasteiger partial charge in [0.15, 0.2) is 5.13 Å². The fraction of sp³-hybridized carbons (Fsp3) is 0.400. The Kier molecular flexibility index (Phi) is 4.93. The summed E-state index contributed by atoms with van der Waals surface area (Å²) in [5, 5.41) is 16.0. The number of aliphatic hydroxyl groups is 1. The van der Waals surface area contributed by atoms with Gasteiger partial charge in [-0.2, -0.15) is 0 Å². The van der Waals surface area contributed by atoms with E-state index in [9.17, 15) is 5.11 Å². The highest BCUT2D eigenvalue weighted by Crippen LogP contribution is 2.24. The average molecular weight is 276 g/mol. The number of thiazole rings is 1. The van der Waals surface area contributed by atoms with Gasteiger partial charge in [0.1, 0.15) is 0 Å². The summed E-state index contributed by atoms with van der Waals surface area (Å²) in [5.74, 6) is 0.307. The largest absolute Gasteiger partial charge is 0.391 e.